The van der Waals surface area contributed by atoms with Crippen molar-refractivity contribution in [1.29, 1.82) is 0 Å². The molecule has 1 aromatic heterocycles. The Hall–Kier alpha value is -3.12. The van der Waals surface area contributed by atoms with Crippen molar-refractivity contribution < 1.29 is 14.1 Å². The summed E-state index contributed by atoms with van der Waals surface area (Å²) in [6.07, 6.45) is 1.55. The number of nitrogens with one attached hydrogen (secondary N) is 2. The molecule has 0 aliphatic carbocycles. The number of hydrogen-bond donors (Lipinski definition) is 2. The fourth-order valence-corrected chi connectivity index (χ4v) is 2.57. The van der Waals surface area contributed by atoms with E-state index in [1.807, 2.05) is 18.2 Å². The topological polar surface area (TPSA) is 84.2 Å². The van der Waals surface area contributed by atoms with Gasteiger partial charge in [0, 0.05) is 16.4 Å². The molecule has 1 heterocycles. The standard InChI is InChI=1S/C19H16ClN3O3/c1-12-16(11-21-26-12)19(25)23-15-8-6-14(7-9-15)22-18(24)10-13-4-2-3-5-17(13)20/h2-9,11H,10H2,1H3,(H,22,24)(H,23,25). The molecule has 3 rings (SSSR count). The van der Waals surface area contributed by atoms with E-state index >= 15 is 0 Å². The number of nitrogens with zero attached hydrogens (tertiary/aromatic N) is 1. The molecule has 26 heavy (non-hydrogen) atoms. The molecule has 0 saturated carbocycles. The largest absolute Gasteiger partial charge is 0.361 e. The molecule has 0 atom stereocenters. The highest BCUT2D eigenvalue weighted by molar-refractivity contribution is 6.31. The van der Waals surface area contributed by atoms with E-state index < -0.39 is 0 Å². The molecule has 2 N–H and O–H groups in total. The van der Waals surface area contributed by atoms with Gasteiger partial charge in [-0.05, 0) is 42.8 Å². The summed E-state index contributed by atoms with van der Waals surface area (Å²) in [4.78, 5) is 24.2. The minimum atomic E-state index is -0.306. The maximum absolute atomic E-state index is 12.1. The molecular weight excluding hydrogens is 354 g/mol. The van der Waals surface area contributed by atoms with E-state index in [2.05, 4.69) is 15.8 Å². The highest BCUT2D eigenvalue weighted by Crippen LogP contribution is 2.18. The molecule has 7 heteroatoms. The van der Waals surface area contributed by atoms with Crippen LogP contribution in [0.15, 0.2) is 59.3 Å². The Morgan fingerprint density at radius 1 is 1.04 bits per heavy atom. The number of benzene rings is 2. The van der Waals surface area contributed by atoms with Crippen LogP contribution in [-0.4, -0.2) is 17.0 Å². The third kappa shape index (κ3) is 4.29. The van der Waals surface area contributed by atoms with E-state index in [1.165, 1.54) is 6.20 Å². The van der Waals surface area contributed by atoms with Crippen molar-refractivity contribution >= 4 is 34.8 Å². The summed E-state index contributed by atoms with van der Waals surface area (Å²) >= 11 is 6.06. The van der Waals surface area contributed by atoms with E-state index in [-0.39, 0.29) is 18.2 Å². The third-order valence-electron chi connectivity index (χ3n) is 3.73. The molecule has 0 saturated heterocycles. The van der Waals surface area contributed by atoms with Gasteiger partial charge in [0.05, 0.1) is 12.6 Å². The Balaban J connectivity index is 1.59. The number of carbonyl (C=O) groups is 2. The Labute approximate surface area is 155 Å². The molecule has 0 radical (unpaired) electrons. The lowest BCUT2D eigenvalue weighted by atomic mass is 10.1. The maximum atomic E-state index is 12.1. The minimum absolute atomic E-state index is 0.171. The lowest BCUT2D eigenvalue weighted by Gasteiger charge is -2.08. The molecule has 132 valence electrons. The van der Waals surface area contributed by atoms with Gasteiger partial charge in [0.15, 0.2) is 0 Å². The number of aryl methyl sites for hydroxylation is 1. The van der Waals surface area contributed by atoms with Gasteiger partial charge >= 0.3 is 0 Å². The predicted molar refractivity (Wildman–Crippen MR) is 99.4 cm³/mol. The maximum Gasteiger partial charge on any atom is 0.260 e. The second kappa shape index (κ2) is 7.84. The zero-order chi connectivity index (χ0) is 18.5. The lowest BCUT2D eigenvalue weighted by molar-refractivity contribution is -0.115. The molecule has 0 aliphatic rings. The second-order valence-electron chi connectivity index (χ2n) is 5.64. The Bertz CT molecular complexity index is 935. The van der Waals surface area contributed by atoms with E-state index in [1.54, 1.807) is 37.3 Å². The Morgan fingerprint density at radius 3 is 2.31 bits per heavy atom. The fraction of sp³-hybridized carbons (Fsp3) is 0.105. The first kappa shape index (κ1) is 17.7. The van der Waals surface area contributed by atoms with Gasteiger partial charge in [-0.1, -0.05) is 35.0 Å². The van der Waals surface area contributed by atoms with Gasteiger partial charge in [0.25, 0.3) is 5.91 Å². The average Bonchev–Trinajstić information content (AvgIpc) is 3.05. The van der Waals surface area contributed by atoms with Crippen molar-refractivity contribution in [1.82, 2.24) is 5.16 Å². The number of rotatable bonds is 5. The predicted octanol–water partition coefficient (Wildman–Crippen LogP) is 4.07. The molecule has 2 amide bonds. The minimum Gasteiger partial charge on any atom is -0.361 e. The number of halogens is 1. The van der Waals surface area contributed by atoms with Gasteiger partial charge in [-0.25, -0.2) is 0 Å². The number of hydrogen-bond acceptors (Lipinski definition) is 4. The van der Waals surface area contributed by atoms with Crippen molar-refractivity contribution in [3.8, 4) is 0 Å². The van der Waals surface area contributed by atoms with Gasteiger partial charge in [-0.2, -0.15) is 0 Å². The van der Waals surface area contributed by atoms with Crippen LogP contribution in [0.25, 0.3) is 0 Å². The van der Waals surface area contributed by atoms with Crippen molar-refractivity contribution in [2.75, 3.05) is 10.6 Å². The highest BCUT2D eigenvalue weighted by Gasteiger charge is 2.13. The van der Waals surface area contributed by atoms with Crippen LogP contribution >= 0.6 is 11.6 Å². The molecule has 3 aromatic rings. The number of aromatic nitrogens is 1. The first-order chi connectivity index (χ1) is 12.5. The summed E-state index contributed by atoms with van der Waals surface area (Å²) < 4.78 is 4.88. The van der Waals surface area contributed by atoms with Gasteiger partial charge in [-0.15, -0.1) is 0 Å². The third-order valence-corrected chi connectivity index (χ3v) is 4.10. The van der Waals surface area contributed by atoms with Crippen LogP contribution in [0.5, 0.6) is 0 Å². The Morgan fingerprint density at radius 2 is 1.69 bits per heavy atom. The van der Waals surface area contributed by atoms with Crippen LogP contribution in [0.3, 0.4) is 0 Å². The molecule has 6 nitrogen and oxygen atoms in total. The van der Waals surface area contributed by atoms with Crippen molar-refractivity contribution in [3.63, 3.8) is 0 Å². The molecule has 0 bridgehead atoms. The van der Waals surface area contributed by atoms with Gasteiger partial charge in [-0.3, -0.25) is 9.59 Å². The quantitative estimate of drug-likeness (QED) is 0.710. The normalized spacial score (nSPS) is 10.4. The molecule has 0 aliphatic heterocycles. The van der Waals surface area contributed by atoms with E-state index in [4.69, 9.17) is 16.1 Å². The number of amides is 2. The summed E-state index contributed by atoms with van der Waals surface area (Å²) in [6, 6.07) is 14.0. The van der Waals surface area contributed by atoms with Crippen molar-refractivity contribution in [3.05, 3.63) is 76.6 Å². The SMILES string of the molecule is Cc1oncc1C(=O)Nc1ccc(NC(=O)Cc2ccccc2Cl)cc1. The van der Waals surface area contributed by atoms with Crippen molar-refractivity contribution in [2.24, 2.45) is 0 Å². The van der Waals surface area contributed by atoms with Gasteiger partial charge < -0.3 is 15.2 Å². The van der Waals surface area contributed by atoms with Crippen LogP contribution in [-0.2, 0) is 11.2 Å². The lowest BCUT2D eigenvalue weighted by Crippen LogP contribution is -2.15. The molecule has 0 unspecified atom stereocenters. The average molecular weight is 370 g/mol. The fourth-order valence-electron chi connectivity index (χ4n) is 2.37. The van der Waals surface area contributed by atoms with Gasteiger partial charge in [0.1, 0.15) is 11.3 Å². The highest BCUT2D eigenvalue weighted by atomic mass is 35.5. The van der Waals surface area contributed by atoms with E-state index in [9.17, 15) is 9.59 Å². The number of anilines is 2. The van der Waals surface area contributed by atoms with E-state index in [0.717, 1.165) is 5.56 Å². The first-order valence-electron chi connectivity index (χ1n) is 7.89. The van der Waals surface area contributed by atoms with Crippen LogP contribution in [0.1, 0.15) is 21.7 Å². The van der Waals surface area contributed by atoms with Crippen LogP contribution < -0.4 is 10.6 Å². The summed E-state index contributed by atoms with van der Waals surface area (Å²) in [7, 11) is 0. The summed E-state index contributed by atoms with van der Waals surface area (Å²) in [5.41, 5.74) is 2.36. The second-order valence-corrected chi connectivity index (χ2v) is 6.05. The molecule has 0 spiro atoms. The molecule has 0 fully saturated rings. The smallest absolute Gasteiger partial charge is 0.260 e. The zero-order valence-corrected chi connectivity index (χ0v) is 14.7. The monoisotopic (exact) mass is 369 g/mol. The van der Waals surface area contributed by atoms with Crippen LogP contribution in [0.4, 0.5) is 11.4 Å². The molecular formula is C19H16ClN3O3. The zero-order valence-electron chi connectivity index (χ0n) is 14.0. The van der Waals surface area contributed by atoms with Crippen LogP contribution in [0.2, 0.25) is 5.02 Å². The first-order valence-corrected chi connectivity index (χ1v) is 8.26. The molecule has 2 aromatic carbocycles. The van der Waals surface area contributed by atoms with Crippen molar-refractivity contribution in [2.45, 2.75) is 13.3 Å². The number of carbonyl (C=O) groups excluding carboxylic acids is 2. The summed E-state index contributed by atoms with van der Waals surface area (Å²) in [5, 5.41) is 9.68. The van der Waals surface area contributed by atoms with Crippen LogP contribution in [0, 0.1) is 6.92 Å². The summed E-state index contributed by atoms with van der Waals surface area (Å²) in [5.74, 6) is -0.0276. The van der Waals surface area contributed by atoms with E-state index in [0.29, 0.717) is 27.7 Å². The summed E-state index contributed by atoms with van der Waals surface area (Å²) in [6.45, 7) is 1.67. The van der Waals surface area contributed by atoms with Gasteiger partial charge in [0.2, 0.25) is 5.91 Å². The Kier molecular flexibility index (Phi) is 5.34.